The van der Waals surface area contributed by atoms with Crippen molar-refractivity contribution in [1.29, 1.82) is 0 Å². The van der Waals surface area contributed by atoms with Crippen molar-refractivity contribution < 1.29 is 14.3 Å². The van der Waals surface area contributed by atoms with E-state index in [4.69, 9.17) is 11.6 Å². The zero-order chi connectivity index (χ0) is 12.8. The molecule has 0 bridgehead atoms. The average molecular weight is 257 g/mol. The number of hydrogen-bond acceptors (Lipinski definition) is 4. The quantitative estimate of drug-likeness (QED) is 0.603. The average Bonchev–Trinajstić information content (AvgIpc) is 2.34. The molecule has 0 radical (unpaired) electrons. The Morgan fingerprint density at radius 2 is 2.18 bits per heavy atom. The van der Waals surface area contributed by atoms with E-state index < -0.39 is 5.97 Å². The van der Waals surface area contributed by atoms with Crippen LogP contribution in [0.15, 0.2) is 18.2 Å². The summed E-state index contributed by atoms with van der Waals surface area (Å²) in [6.45, 7) is 2.06. The van der Waals surface area contributed by atoms with Crippen LogP contribution in [0.25, 0.3) is 0 Å². The highest BCUT2D eigenvalue weighted by atomic mass is 35.5. The molecule has 6 heteroatoms. The standard InChI is InChI=1S/C11H13ClN2O3/c1-3-14(7-10(15)17-2)11(16)8-5-4-6-9(12)13-8/h4-6H,3,7H2,1-2H3. The van der Waals surface area contributed by atoms with Crippen LogP contribution in [0, 0.1) is 0 Å². The first kappa shape index (κ1) is 13.4. The molecule has 0 saturated carbocycles. The number of carbonyl (C=O) groups excluding carboxylic acids is 2. The highest BCUT2D eigenvalue weighted by Crippen LogP contribution is 2.07. The summed E-state index contributed by atoms with van der Waals surface area (Å²) < 4.78 is 4.51. The van der Waals surface area contributed by atoms with Gasteiger partial charge in [-0.1, -0.05) is 17.7 Å². The fraction of sp³-hybridized carbons (Fsp3) is 0.364. The number of rotatable bonds is 4. The minimum Gasteiger partial charge on any atom is -0.468 e. The van der Waals surface area contributed by atoms with Gasteiger partial charge in [-0.2, -0.15) is 0 Å². The van der Waals surface area contributed by atoms with Crippen molar-refractivity contribution in [3.05, 3.63) is 29.0 Å². The van der Waals surface area contributed by atoms with E-state index in [1.54, 1.807) is 25.1 Å². The molecule has 0 aliphatic carbocycles. The van der Waals surface area contributed by atoms with Crippen LogP contribution in [-0.2, 0) is 9.53 Å². The van der Waals surface area contributed by atoms with Crippen LogP contribution in [0.4, 0.5) is 0 Å². The Morgan fingerprint density at radius 3 is 2.71 bits per heavy atom. The first-order valence-corrected chi connectivity index (χ1v) is 5.45. The van der Waals surface area contributed by atoms with Gasteiger partial charge in [0.1, 0.15) is 17.4 Å². The molecule has 0 aliphatic rings. The van der Waals surface area contributed by atoms with Crippen LogP contribution in [0.3, 0.4) is 0 Å². The molecule has 0 aromatic carbocycles. The van der Waals surface area contributed by atoms with E-state index in [2.05, 4.69) is 9.72 Å². The van der Waals surface area contributed by atoms with Crippen molar-refractivity contribution in [2.45, 2.75) is 6.92 Å². The Kier molecular flexibility index (Phi) is 4.90. The number of hydrogen-bond donors (Lipinski definition) is 0. The first-order valence-electron chi connectivity index (χ1n) is 5.07. The highest BCUT2D eigenvalue weighted by Gasteiger charge is 2.18. The number of pyridine rings is 1. The number of aromatic nitrogens is 1. The Hall–Kier alpha value is -1.62. The normalized spacial score (nSPS) is 9.82. The summed E-state index contributed by atoms with van der Waals surface area (Å²) in [6, 6.07) is 4.76. The molecule has 0 atom stereocenters. The van der Waals surface area contributed by atoms with Crippen molar-refractivity contribution in [2.75, 3.05) is 20.2 Å². The summed E-state index contributed by atoms with van der Waals surface area (Å²) in [5, 5.41) is 0.241. The predicted molar refractivity (Wildman–Crippen MR) is 62.8 cm³/mol. The summed E-state index contributed by atoms with van der Waals surface area (Å²) in [5.41, 5.74) is 0.211. The number of halogens is 1. The van der Waals surface area contributed by atoms with E-state index in [-0.39, 0.29) is 23.3 Å². The lowest BCUT2D eigenvalue weighted by Crippen LogP contribution is -2.36. The molecule has 1 aromatic heterocycles. The topological polar surface area (TPSA) is 59.5 Å². The third-order valence-corrected chi connectivity index (χ3v) is 2.36. The lowest BCUT2D eigenvalue weighted by molar-refractivity contribution is -0.141. The van der Waals surface area contributed by atoms with E-state index in [0.29, 0.717) is 6.54 Å². The van der Waals surface area contributed by atoms with Gasteiger partial charge < -0.3 is 9.64 Å². The number of nitrogens with zero attached hydrogens (tertiary/aromatic N) is 2. The van der Waals surface area contributed by atoms with Crippen LogP contribution in [-0.4, -0.2) is 42.0 Å². The lowest BCUT2D eigenvalue weighted by atomic mass is 10.3. The zero-order valence-electron chi connectivity index (χ0n) is 9.64. The maximum atomic E-state index is 12.0. The summed E-state index contributed by atoms with van der Waals surface area (Å²) in [5.74, 6) is -0.817. The van der Waals surface area contributed by atoms with Gasteiger partial charge in [0.15, 0.2) is 0 Å². The molecular formula is C11H13ClN2O3. The zero-order valence-corrected chi connectivity index (χ0v) is 10.4. The molecule has 92 valence electrons. The number of ether oxygens (including phenoxy) is 1. The number of carbonyl (C=O) groups is 2. The second-order valence-electron chi connectivity index (χ2n) is 3.24. The van der Waals surface area contributed by atoms with Crippen LogP contribution in [0.5, 0.6) is 0 Å². The van der Waals surface area contributed by atoms with Crippen LogP contribution >= 0.6 is 11.6 Å². The third-order valence-electron chi connectivity index (χ3n) is 2.15. The molecule has 0 aliphatic heterocycles. The van der Waals surface area contributed by atoms with Crippen molar-refractivity contribution in [3.63, 3.8) is 0 Å². The van der Waals surface area contributed by atoms with Crippen LogP contribution in [0.1, 0.15) is 17.4 Å². The van der Waals surface area contributed by atoms with E-state index >= 15 is 0 Å². The predicted octanol–water partition coefficient (Wildman–Crippen LogP) is 1.37. The number of methoxy groups -OCH3 is 1. The maximum Gasteiger partial charge on any atom is 0.325 e. The fourth-order valence-corrected chi connectivity index (χ4v) is 1.40. The van der Waals surface area contributed by atoms with Gasteiger partial charge >= 0.3 is 5.97 Å². The number of esters is 1. The van der Waals surface area contributed by atoms with Gasteiger partial charge in [0.2, 0.25) is 0 Å². The molecule has 5 nitrogen and oxygen atoms in total. The summed E-state index contributed by atoms with van der Waals surface area (Å²) >= 11 is 5.70. The molecule has 0 fully saturated rings. The maximum absolute atomic E-state index is 12.0. The second kappa shape index (κ2) is 6.20. The molecule has 1 heterocycles. The van der Waals surface area contributed by atoms with E-state index in [1.165, 1.54) is 12.0 Å². The van der Waals surface area contributed by atoms with E-state index in [0.717, 1.165) is 0 Å². The SMILES string of the molecule is CCN(CC(=O)OC)C(=O)c1cccc(Cl)n1. The molecule has 1 rings (SSSR count). The molecule has 1 aromatic rings. The van der Waals surface area contributed by atoms with Crippen molar-refractivity contribution in [1.82, 2.24) is 9.88 Å². The molecule has 0 unspecified atom stereocenters. The smallest absolute Gasteiger partial charge is 0.325 e. The second-order valence-corrected chi connectivity index (χ2v) is 3.63. The van der Waals surface area contributed by atoms with Crippen molar-refractivity contribution in [3.8, 4) is 0 Å². The van der Waals surface area contributed by atoms with Gasteiger partial charge in [0, 0.05) is 6.54 Å². The fourth-order valence-electron chi connectivity index (χ4n) is 1.24. The van der Waals surface area contributed by atoms with Gasteiger partial charge in [0.25, 0.3) is 5.91 Å². The molecule has 17 heavy (non-hydrogen) atoms. The van der Waals surface area contributed by atoms with Gasteiger partial charge in [0.05, 0.1) is 7.11 Å². The summed E-state index contributed by atoms with van der Waals surface area (Å²) in [6.07, 6.45) is 0. The van der Waals surface area contributed by atoms with E-state index in [1.807, 2.05) is 0 Å². The van der Waals surface area contributed by atoms with Gasteiger partial charge in [-0.15, -0.1) is 0 Å². The molecule has 0 spiro atoms. The molecule has 0 N–H and O–H groups in total. The van der Waals surface area contributed by atoms with Crippen molar-refractivity contribution >= 4 is 23.5 Å². The summed E-state index contributed by atoms with van der Waals surface area (Å²) in [7, 11) is 1.28. The molecular weight excluding hydrogens is 244 g/mol. The van der Waals surface area contributed by atoms with Gasteiger partial charge in [-0.25, -0.2) is 4.98 Å². The van der Waals surface area contributed by atoms with Crippen LogP contribution in [0.2, 0.25) is 5.15 Å². The van der Waals surface area contributed by atoms with Crippen LogP contribution < -0.4 is 0 Å². The van der Waals surface area contributed by atoms with Crippen molar-refractivity contribution in [2.24, 2.45) is 0 Å². The van der Waals surface area contributed by atoms with Gasteiger partial charge in [-0.3, -0.25) is 9.59 Å². The number of likely N-dealkylation sites (N-methyl/N-ethyl adjacent to an activating group) is 1. The lowest BCUT2D eigenvalue weighted by Gasteiger charge is -2.18. The number of amides is 1. The summed E-state index contributed by atoms with van der Waals surface area (Å²) in [4.78, 5) is 28.3. The Balaban J connectivity index is 2.82. The minimum absolute atomic E-state index is 0.0972. The Labute approximate surface area is 104 Å². The largest absolute Gasteiger partial charge is 0.468 e. The minimum atomic E-state index is -0.470. The third kappa shape index (κ3) is 3.71. The van der Waals surface area contributed by atoms with Gasteiger partial charge in [-0.05, 0) is 19.1 Å². The first-order chi connectivity index (χ1) is 8.08. The monoisotopic (exact) mass is 256 g/mol. The Bertz CT molecular complexity index is 423. The molecule has 0 saturated heterocycles. The van der Waals surface area contributed by atoms with E-state index in [9.17, 15) is 9.59 Å². The highest BCUT2D eigenvalue weighted by molar-refractivity contribution is 6.29. The molecule has 1 amide bonds. The Morgan fingerprint density at radius 1 is 1.47 bits per heavy atom.